The number of benzene rings is 1. The van der Waals surface area contributed by atoms with Crippen LogP contribution in [0.2, 0.25) is 0 Å². The first-order valence-electron chi connectivity index (χ1n) is 6.63. The average Bonchev–Trinajstić information content (AvgIpc) is 2.91. The van der Waals surface area contributed by atoms with E-state index in [1.807, 2.05) is 56.3 Å². The van der Waals surface area contributed by atoms with Gasteiger partial charge in [-0.15, -0.1) is 0 Å². The highest BCUT2D eigenvalue weighted by Crippen LogP contribution is 2.30. The van der Waals surface area contributed by atoms with E-state index < -0.39 is 5.41 Å². The number of aromatic amines is 1. The summed E-state index contributed by atoms with van der Waals surface area (Å²) in [5.41, 5.74) is 1.90. The van der Waals surface area contributed by atoms with E-state index >= 15 is 0 Å². The number of nitrogens with one attached hydrogen (secondary N) is 1. The van der Waals surface area contributed by atoms with E-state index in [1.54, 1.807) is 12.4 Å². The molecule has 0 amide bonds. The minimum atomic E-state index is -0.563. The Bertz CT molecular complexity index is 757. The molecule has 0 aliphatic rings. The van der Waals surface area contributed by atoms with Crippen LogP contribution in [-0.4, -0.2) is 15.8 Å². The molecule has 0 aliphatic heterocycles. The van der Waals surface area contributed by atoms with Crippen LogP contribution in [0.15, 0.2) is 54.9 Å². The molecule has 3 heteroatoms. The Morgan fingerprint density at radius 1 is 1.10 bits per heavy atom. The predicted molar refractivity (Wildman–Crippen MR) is 79.9 cm³/mol. The summed E-state index contributed by atoms with van der Waals surface area (Å²) in [6.45, 7) is 3.92. The number of nitrogens with zero attached hydrogens (tertiary/aromatic N) is 1. The van der Waals surface area contributed by atoms with Crippen molar-refractivity contribution >= 4 is 16.8 Å². The van der Waals surface area contributed by atoms with Crippen LogP contribution >= 0.6 is 0 Å². The molecule has 20 heavy (non-hydrogen) atoms. The van der Waals surface area contributed by atoms with Crippen LogP contribution in [0.4, 0.5) is 0 Å². The van der Waals surface area contributed by atoms with Crippen LogP contribution in [0.3, 0.4) is 0 Å². The maximum atomic E-state index is 12.9. The molecule has 0 saturated carbocycles. The average molecular weight is 264 g/mol. The van der Waals surface area contributed by atoms with Gasteiger partial charge in [0.1, 0.15) is 5.65 Å². The molecule has 1 N–H and O–H groups in total. The van der Waals surface area contributed by atoms with E-state index in [-0.39, 0.29) is 5.78 Å². The third kappa shape index (κ3) is 1.92. The van der Waals surface area contributed by atoms with Gasteiger partial charge in [0.15, 0.2) is 5.78 Å². The summed E-state index contributed by atoms with van der Waals surface area (Å²) in [6, 6.07) is 13.6. The molecule has 0 aliphatic carbocycles. The number of carbonyl (C=O) groups is 1. The number of Topliss-reactive ketones (excluding diaryl/α,β-unsaturated/α-hetero) is 1. The van der Waals surface area contributed by atoms with E-state index in [1.165, 1.54) is 0 Å². The number of rotatable bonds is 3. The highest BCUT2D eigenvalue weighted by Gasteiger charge is 2.32. The topological polar surface area (TPSA) is 45.8 Å². The fourth-order valence-corrected chi connectivity index (χ4v) is 2.47. The number of ketones is 1. The van der Waals surface area contributed by atoms with Crippen molar-refractivity contribution in [3.8, 4) is 0 Å². The molecule has 2 heterocycles. The Hall–Kier alpha value is -2.42. The quantitative estimate of drug-likeness (QED) is 0.733. The van der Waals surface area contributed by atoms with Gasteiger partial charge < -0.3 is 4.98 Å². The first-order chi connectivity index (χ1) is 9.60. The summed E-state index contributed by atoms with van der Waals surface area (Å²) >= 11 is 0. The summed E-state index contributed by atoms with van der Waals surface area (Å²) < 4.78 is 0. The molecule has 100 valence electrons. The lowest BCUT2D eigenvalue weighted by Crippen LogP contribution is -2.28. The SMILES string of the molecule is CC(C)(C(=O)c1c[nH]c2ncccc12)c1ccccc1. The van der Waals surface area contributed by atoms with Gasteiger partial charge in [-0.25, -0.2) is 4.98 Å². The van der Waals surface area contributed by atoms with Crippen molar-refractivity contribution in [1.29, 1.82) is 0 Å². The second-order valence-electron chi connectivity index (χ2n) is 5.42. The molecular weight excluding hydrogens is 248 g/mol. The van der Waals surface area contributed by atoms with Crippen LogP contribution < -0.4 is 0 Å². The standard InChI is InChI=1S/C17H16N2O/c1-17(2,12-7-4-3-5-8-12)15(20)14-11-19-16-13(14)9-6-10-18-16/h3-11H,1-2H3,(H,18,19). The second-order valence-corrected chi connectivity index (χ2v) is 5.42. The van der Waals surface area contributed by atoms with Gasteiger partial charge in [0, 0.05) is 23.3 Å². The predicted octanol–water partition coefficient (Wildman–Crippen LogP) is 3.72. The molecular formula is C17H16N2O. The molecule has 0 atom stereocenters. The monoisotopic (exact) mass is 264 g/mol. The van der Waals surface area contributed by atoms with Crippen molar-refractivity contribution in [2.45, 2.75) is 19.3 Å². The molecule has 2 aromatic heterocycles. The minimum absolute atomic E-state index is 0.1000. The van der Waals surface area contributed by atoms with Crippen molar-refractivity contribution in [3.05, 3.63) is 66.0 Å². The maximum absolute atomic E-state index is 12.9. The normalized spacial score (nSPS) is 11.7. The van der Waals surface area contributed by atoms with Gasteiger partial charge in [0.05, 0.1) is 5.41 Å². The van der Waals surface area contributed by atoms with Gasteiger partial charge in [-0.1, -0.05) is 30.3 Å². The Labute approximate surface area is 117 Å². The first kappa shape index (κ1) is 12.6. The molecule has 0 radical (unpaired) electrons. The lowest BCUT2D eigenvalue weighted by atomic mass is 9.78. The van der Waals surface area contributed by atoms with Gasteiger partial charge >= 0.3 is 0 Å². The van der Waals surface area contributed by atoms with E-state index in [0.717, 1.165) is 16.6 Å². The zero-order chi connectivity index (χ0) is 14.2. The van der Waals surface area contributed by atoms with Crippen LogP contribution in [0, 0.1) is 0 Å². The molecule has 0 unspecified atom stereocenters. The van der Waals surface area contributed by atoms with Crippen LogP contribution in [0.1, 0.15) is 29.8 Å². The van der Waals surface area contributed by atoms with Crippen LogP contribution in [0.5, 0.6) is 0 Å². The fourth-order valence-electron chi connectivity index (χ4n) is 2.47. The lowest BCUT2D eigenvalue weighted by molar-refractivity contribution is 0.0910. The maximum Gasteiger partial charge on any atom is 0.175 e. The number of hydrogen-bond acceptors (Lipinski definition) is 2. The first-order valence-corrected chi connectivity index (χ1v) is 6.63. The number of pyridine rings is 1. The highest BCUT2D eigenvalue weighted by molar-refractivity contribution is 6.11. The number of aromatic nitrogens is 2. The zero-order valence-corrected chi connectivity index (χ0v) is 11.6. The van der Waals surface area contributed by atoms with E-state index in [4.69, 9.17) is 0 Å². The van der Waals surface area contributed by atoms with Gasteiger partial charge in [-0.3, -0.25) is 4.79 Å². The van der Waals surface area contributed by atoms with Gasteiger partial charge in [0.25, 0.3) is 0 Å². The Morgan fingerprint density at radius 2 is 1.85 bits per heavy atom. The van der Waals surface area contributed by atoms with Crippen LogP contribution in [-0.2, 0) is 5.41 Å². The molecule has 3 rings (SSSR count). The number of hydrogen-bond donors (Lipinski definition) is 1. The summed E-state index contributed by atoms with van der Waals surface area (Å²) in [5, 5.41) is 0.876. The molecule has 1 aromatic carbocycles. The molecule has 3 aromatic rings. The smallest absolute Gasteiger partial charge is 0.175 e. The summed E-state index contributed by atoms with van der Waals surface area (Å²) in [5.74, 6) is 0.1000. The molecule has 0 saturated heterocycles. The number of fused-ring (bicyclic) bond motifs is 1. The lowest BCUT2D eigenvalue weighted by Gasteiger charge is -2.23. The van der Waals surface area contributed by atoms with Crippen molar-refractivity contribution in [3.63, 3.8) is 0 Å². The van der Waals surface area contributed by atoms with Crippen molar-refractivity contribution in [1.82, 2.24) is 9.97 Å². The third-order valence-electron chi connectivity index (χ3n) is 3.76. The Kier molecular flexibility index (Phi) is 2.90. The van der Waals surface area contributed by atoms with E-state index in [0.29, 0.717) is 5.56 Å². The number of H-pyrrole nitrogens is 1. The van der Waals surface area contributed by atoms with Crippen molar-refractivity contribution < 1.29 is 4.79 Å². The number of carbonyl (C=O) groups excluding carboxylic acids is 1. The summed E-state index contributed by atoms with van der Waals surface area (Å²) in [7, 11) is 0. The summed E-state index contributed by atoms with van der Waals surface area (Å²) in [4.78, 5) is 20.2. The molecule has 0 bridgehead atoms. The summed E-state index contributed by atoms with van der Waals surface area (Å²) in [6.07, 6.45) is 3.47. The van der Waals surface area contributed by atoms with Crippen LogP contribution in [0.25, 0.3) is 11.0 Å². The second kappa shape index (κ2) is 4.60. The van der Waals surface area contributed by atoms with Gasteiger partial charge in [-0.2, -0.15) is 0 Å². The Morgan fingerprint density at radius 3 is 2.60 bits per heavy atom. The minimum Gasteiger partial charge on any atom is -0.345 e. The van der Waals surface area contributed by atoms with E-state index in [9.17, 15) is 4.79 Å². The Balaban J connectivity index is 2.08. The van der Waals surface area contributed by atoms with Crippen molar-refractivity contribution in [2.75, 3.05) is 0 Å². The van der Waals surface area contributed by atoms with Gasteiger partial charge in [0.2, 0.25) is 0 Å². The fraction of sp³-hybridized carbons (Fsp3) is 0.176. The zero-order valence-electron chi connectivity index (χ0n) is 11.6. The molecule has 3 nitrogen and oxygen atoms in total. The highest BCUT2D eigenvalue weighted by atomic mass is 16.1. The molecule has 0 fully saturated rings. The van der Waals surface area contributed by atoms with Crippen molar-refractivity contribution in [2.24, 2.45) is 0 Å². The third-order valence-corrected chi connectivity index (χ3v) is 3.76. The van der Waals surface area contributed by atoms with E-state index in [2.05, 4.69) is 9.97 Å². The molecule has 0 spiro atoms. The van der Waals surface area contributed by atoms with Gasteiger partial charge in [-0.05, 0) is 31.5 Å². The largest absolute Gasteiger partial charge is 0.345 e.